The molecule has 1 aliphatic rings. The fourth-order valence-electron chi connectivity index (χ4n) is 4.43. The Bertz CT molecular complexity index is 1340. The Labute approximate surface area is 223 Å². The van der Waals surface area contributed by atoms with Crippen LogP contribution in [0.1, 0.15) is 55.6 Å². The number of likely N-dealkylation sites (tertiary alicyclic amines) is 1. The van der Waals surface area contributed by atoms with Crippen molar-refractivity contribution in [3.8, 4) is 0 Å². The van der Waals surface area contributed by atoms with E-state index in [9.17, 15) is 9.59 Å². The van der Waals surface area contributed by atoms with Gasteiger partial charge in [0.1, 0.15) is 11.4 Å². The molecule has 3 heterocycles. The van der Waals surface area contributed by atoms with Gasteiger partial charge in [0, 0.05) is 24.5 Å². The average molecular weight is 517 g/mol. The largest absolute Gasteiger partial charge is 0.348 e. The Morgan fingerprint density at radius 1 is 1.13 bits per heavy atom. The Hall–Kier alpha value is -4.05. The number of rotatable bonds is 9. The molecule has 0 spiro atoms. The fourth-order valence-corrected chi connectivity index (χ4v) is 4.43. The lowest BCUT2D eigenvalue weighted by molar-refractivity contribution is 0.0958. The second-order valence-electron chi connectivity index (χ2n) is 10.2. The molecule has 1 aliphatic heterocycles. The Morgan fingerprint density at radius 2 is 1.84 bits per heavy atom. The quantitative estimate of drug-likeness (QED) is 0.366. The Morgan fingerprint density at radius 3 is 2.50 bits per heavy atom. The monoisotopic (exact) mass is 516 g/mol. The third-order valence-electron chi connectivity index (χ3n) is 6.93. The summed E-state index contributed by atoms with van der Waals surface area (Å²) in [5.74, 6) is 0.618. The molecule has 1 aromatic carbocycles. The number of carbonyl (C=O) groups excluding carboxylic acids is 1. The second kappa shape index (κ2) is 11.6. The number of hydrogen-bond donors (Lipinski definition) is 3. The van der Waals surface area contributed by atoms with E-state index < -0.39 is 0 Å². The molecule has 10 heteroatoms. The first-order valence-corrected chi connectivity index (χ1v) is 12.9. The van der Waals surface area contributed by atoms with Crippen LogP contribution in [0.3, 0.4) is 0 Å². The smallest absolute Gasteiger partial charge is 0.267 e. The van der Waals surface area contributed by atoms with Crippen molar-refractivity contribution in [2.75, 3.05) is 37.3 Å². The van der Waals surface area contributed by atoms with Gasteiger partial charge in [0.25, 0.3) is 11.5 Å². The molecule has 3 aromatic rings. The van der Waals surface area contributed by atoms with E-state index in [2.05, 4.69) is 68.6 Å². The van der Waals surface area contributed by atoms with Crippen LogP contribution in [0.2, 0.25) is 0 Å². The SMILES string of the molecule is C=CCNC(=O)c1cnc(Nc2ccc(C3(C)CCN(C)CC3)cc2)nc1Nc1ccc(=O)n(C(C)C)n1. The number of carbonyl (C=O) groups is 1. The lowest BCUT2D eigenvalue weighted by atomic mass is 9.74. The van der Waals surface area contributed by atoms with Crippen LogP contribution in [0.5, 0.6) is 0 Å². The van der Waals surface area contributed by atoms with Gasteiger partial charge < -0.3 is 20.9 Å². The molecule has 200 valence electrons. The summed E-state index contributed by atoms with van der Waals surface area (Å²) >= 11 is 0. The molecule has 1 saturated heterocycles. The molecule has 0 unspecified atom stereocenters. The second-order valence-corrected chi connectivity index (χ2v) is 10.2. The Kier molecular flexibility index (Phi) is 8.21. The maximum absolute atomic E-state index is 12.8. The average Bonchev–Trinajstić information content (AvgIpc) is 2.90. The van der Waals surface area contributed by atoms with Crippen molar-refractivity contribution in [1.82, 2.24) is 30.0 Å². The summed E-state index contributed by atoms with van der Waals surface area (Å²) in [5.41, 5.74) is 2.36. The molecule has 10 nitrogen and oxygen atoms in total. The van der Waals surface area contributed by atoms with Crippen molar-refractivity contribution >= 4 is 29.2 Å². The summed E-state index contributed by atoms with van der Waals surface area (Å²) in [4.78, 5) is 36.2. The highest BCUT2D eigenvalue weighted by Gasteiger charge is 2.30. The van der Waals surface area contributed by atoms with Crippen molar-refractivity contribution < 1.29 is 4.79 Å². The highest BCUT2D eigenvalue weighted by Crippen LogP contribution is 2.35. The van der Waals surface area contributed by atoms with Crippen LogP contribution in [-0.2, 0) is 5.41 Å². The summed E-state index contributed by atoms with van der Waals surface area (Å²) in [6.45, 7) is 12.2. The van der Waals surface area contributed by atoms with E-state index in [1.165, 1.54) is 22.5 Å². The summed E-state index contributed by atoms with van der Waals surface area (Å²) in [7, 11) is 2.17. The van der Waals surface area contributed by atoms with Gasteiger partial charge >= 0.3 is 0 Å². The van der Waals surface area contributed by atoms with E-state index in [0.29, 0.717) is 18.3 Å². The molecular weight excluding hydrogens is 480 g/mol. The lowest BCUT2D eigenvalue weighted by Crippen LogP contribution is -2.38. The number of anilines is 4. The third-order valence-corrected chi connectivity index (χ3v) is 6.93. The third kappa shape index (κ3) is 6.25. The zero-order valence-corrected chi connectivity index (χ0v) is 22.5. The molecule has 0 atom stereocenters. The van der Waals surface area contributed by atoms with Crippen LogP contribution in [0, 0.1) is 0 Å². The predicted octanol–water partition coefficient (Wildman–Crippen LogP) is 4.00. The first-order chi connectivity index (χ1) is 18.2. The van der Waals surface area contributed by atoms with E-state index in [1.54, 1.807) is 12.1 Å². The number of amides is 1. The number of benzene rings is 1. The molecule has 1 amide bonds. The molecule has 4 rings (SSSR count). The summed E-state index contributed by atoms with van der Waals surface area (Å²) in [6, 6.07) is 11.2. The fraction of sp³-hybridized carbons (Fsp3) is 0.393. The van der Waals surface area contributed by atoms with Gasteiger partial charge in [-0.25, -0.2) is 9.67 Å². The molecular formula is C28H36N8O2. The lowest BCUT2D eigenvalue weighted by Gasteiger charge is -2.38. The van der Waals surface area contributed by atoms with Gasteiger partial charge in [-0.2, -0.15) is 10.1 Å². The van der Waals surface area contributed by atoms with E-state index in [4.69, 9.17) is 0 Å². The van der Waals surface area contributed by atoms with Crippen LogP contribution >= 0.6 is 0 Å². The molecule has 0 aliphatic carbocycles. The van der Waals surface area contributed by atoms with Crippen molar-refractivity contribution in [2.45, 2.75) is 45.1 Å². The standard InChI is InChI=1S/C28H36N8O2/c1-6-15-29-26(38)22-18-30-27(33-25(22)32-23-11-12-24(37)36(34-23)19(2)3)31-21-9-7-20(8-10-21)28(4)13-16-35(5)17-14-28/h6-12,18-19H,1,13-17H2,2-5H3,(H,29,38)(H2,30,31,32,33,34). The number of hydrogen-bond acceptors (Lipinski definition) is 8. The van der Waals surface area contributed by atoms with Crippen molar-refractivity contribution in [1.29, 1.82) is 0 Å². The minimum atomic E-state index is -0.355. The number of nitrogens with one attached hydrogen (secondary N) is 3. The molecule has 1 fully saturated rings. The van der Waals surface area contributed by atoms with Crippen LogP contribution in [-0.4, -0.2) is 57.2 Å². The van der Waals surface area contributed by atoms with Crippen LogP contribution < -0.4 is 21.5 Å². The highest BCUT2D eigenvalue weighted by molar-refractivity contribution is 5.99. The molecule has 3 N–H and O–H groups in total. The number of piperidine rings is 1. The van der Waals surface area contributed by atoms with Crippen molar-refractivity contribution in [2.24, 2.45) is 0 Å². The van der Waals surface area contributed by atoms with E-state index in [-0.39, 0.29) is 34.3 Å². The zero-order valence-electron chi connectivity index (χ0n) is 22.5. The first-order valence-electron chi connectivity index (χ1n) is 12.9. The minimum absolute atomic E-state index is 0.123. The van der Waals surface area contributed by atoms with E-state index in [1.807, 2.05) is 26.0 Å². The topological polar surface area (TPSA) is 117 Å². The Balaban J connectivity index is 1.59. The van der Waals surface area contributed by atoms with Gasteiger partial charge in [0.15, 0.2) is 5.82 Å². The van der Waals surface area contributed by atoms with Gasteiger partial charge in [-0.05, 0) is 76.0 Å². The maximum atomic E-state index is 12.8. The predicted molar refractivity (Wildman–Crippen MR) is 151 cm³/mol. The van der Waals surface area contributed by atoms with Crippen molar-refractivity contribution in [3.05, 3.63) is 76.7 Å². The minimum Gasteiger partial charge on any atom is -0.348 e. The normalized spacial score (nSPS) is 15.2. The van der Waals surface area contributed by atoms with Crippen LogP contribution in [0.25, 0.3) is 0 Å². The van der Waals surface area contributed by atoms with Crippen LogP contribution in [0.4, 0.5) is 23.3 Å². The summed E-state index contributed by atoms with van der Waals surface area (Å²) in [6.07, 6.45) is 5.31. The summed E-state index contributed by atoms with van der Waals surface area (Å²) in [5, 5.41) is 13.4. The summed E-state index contributed by atoms with van der Waals surface area (Å²) < 4.78 is 1.37. The highest BCUT2D eigenvalue weighted by atomic mass is 16.1. The molecule has 2 aromatic heterocycles. The molecule has 38 heavy (non-hydrogen) atoms. The van der Waals surface area contributed by atoms with Gasteiger partial charge in [-0.15, -0.1) is 6.58 Å². The zero-order chi connectivity index (χ0) is 27.3. The van der Waals surface area contributed by atoms with Gasteiger partial charge in [0.05, 0.1) is 6.04 Å². The van der Waals surface area contributed by atoms with E-state index in [0.717, 1.165) is 31.6 Å². The van der Waals surface area contributed by atoms with Crippen LogP contribution in [0.15, 0.2) is 60.0 Å². The maximum Gasteiger partial charge on any atom is 0.267 e. The molecule has 0 radical (unpaired) electrons. The molecule has 0 bridgehead atoms. The first kappa shape index (κ1) is 27.0. The molecule has 0 saturated carbocycles. The van der Waals surface area contributed by atoms with Gasteiger partial charge in [-0.1, -0.05) is 25.1 Å². The van der Waals surface area contributed by atoms with Crippen molar-refractivity contribution in [3.63, 3.8) is 0 Å². The number of nitrogens with zero attached hydrogens (tertiary/aromatic N) is 5. The van der Waals surface area contributed by atoms with E-state index >= 15 is 0 Å². The number of aromatic nitrogens is 4. The van der Waals surface area contributed by atoms with Gasteiger partial charge in [-0.3, -0.25) is 9.59 Å². The van der Waals surface area contributed by atoms with Gasteiger partial charge in [0.2, 0.25) is 5.95 Å².